The van der Waals surface area contributed by atoms with E-state index in [1.807, 2.05) is 24.3 Å². The van der Waals surface area contributed by atoms with E-state index in [1.165, 1.54) is 40.1 Å². The van der Waals surface area contributed by atoms with Gasteiger partial charge in [0.25, 0.3) is 15.7 Å². The van der Waals surface area contributed by atoms with Crippen molar-refractivity contribution < 1.29 is 41.0 Å². The molecule has 61 heavy (non-hydrogen) atoms. The maximum atomic E-state index is 14.2. The van der Waals surface area contributed by atoms with Crippen LogP contribution >= 0.6 is 23.5 Å². The van der Waals surface area contributed by atoms with Gasteiger partial charge >= 0.3 is 5.51 Å². The van der Waals surface area contributed by atoms with Crippen LogP contribution in [0.2, 0.25) is 5.02 Å². The molecule has 0 bridgehead atoms. The number of alkyl halides is 3. The van der Waals surface area contributed by atoms with E-state index in [0.29, 0.717) is 29.9 Å². The molecule has 0 spiro atoms. The first-order chi connectivity index (χ1) is 29.0. The molecule has 15 heteroatoms. The number of amides is 1. The van der Waals surface area contributed by atoms with Gasteiger partial charge in [-0.2, -0.15) is 13.2 Å². The standard InChI is InChI=1S/C46H51ClF3N3O6S2/c1-31-6-19-39(27-42(31)61(56,57)46(48,49)50)60-53(29-32-7-17-38(18-8-32)59-44-41(54)5-4-26-58-44)43(55)34-11-15-37(16-12-34)52-24-22-51(23-25-52)30-35-28-45(2,3)21-20-40(35)33-9-13-36(47)14-10-33/h6-19,27,41,44,54H,4-5,20-26,28-30H2,1-3H3. The highest BCUT2D eigenvalue weighted by Crippen LogP contribution is 2.43. The van der Waals surface area contributed by atoms with E-state index in [0.717, 1.165) is 87.1 Å². The number of hydrogen-bond donors (Lipinski definition) is 1. The molecule has 2 fully saturated rings. The molecule has 2 aliphatic heterocycles. The largest absolute Gasteiger partial charge is 0.501 e. The normalized spacial score (nSPS) is 20.1. The first-order valence-corrected chi connectivity index (χ1v) is 23.1. The van der Waals surface area contributed by atoms with Gasteiger partial charge in [0.2, 0.25) is 6.29 Å². The molecule has 1 aliphatic carbocycles. The predicted molar refractivity (Wildman–Crippen MR) is 233 cm³/mol. The van der Waals surface area contributed by atoms with Gasteiger partial charge in [0.15, 0.2) is 0 Å². The van der Waals surface area contributed by atoms with Crippen molar-refractivity contribution in [2.45, 2.75) is 87.1 Å². The molecule has 4 aromatic rings. The molecule has 326 valence electrons. The third-order valence-corrected chi connectivity index (χ3v) is 14.4. The van der Waals surface area contributed by atoms with Gasteiger partial charge < -0.3 is 19.5 Å². The molecule has 2 saturated heterocycles. The second kappa shape index (κ2) is 18.7. The molecule has 7 rings (SSSR count). The van der Waals surface area contributed by atoms with Gasteiger partial charge in [-0.15, -0.1) is 0 Å². The lowest BCUT2D eigenvalue weighted by atomic mass is 9.73. The maximum absolute atomic E-state index is 14.2. The van der Waals surface area contributed by atoms with E-state index in [4.69, 9.17) is 21.1 Å². The summed E-state index contributed by atoms with van der Waals surface area (Å²) < 4.78 is 78.6. The zero-order valence-corrected chi connectivity index (χ0v) is 36.8. The van der Waals surface area contributed by atoms with Crippen molar-refractivity contribution >= 4 is 50.6 Å². The summed E-state index contributed by atoms with van der Waals surface area (Å²) in [6.07, 6.45) is 2.96. The smallest absolute Gasteiger partial charge is 0.462 e. The molecule has 2 heterocycles. The van der Waals surface area contributed by atoms with E-state index >= 15 is 0 Å². The minimum Gasteiger partial charge on any atom is -0.462 e. The lowest BCUT2D eigenvalue weighted by molar-refractivity contribution is -0.170. The Morgan fingerprint density at radius 1 is 0.984 bits per heavy atom. The number of aliphatic hydroxyl groups excluding tert-OH is 1. The molecule has 2 unspecified atom stereocenters. The van der Waals surface area contributed by atoms with Gasteiger partial charge in [0.05, 0.1) is 18.0 Å². The molecule has 3 aliphatic rings. The summed E-state index contributed by atoms with van der Waals surface area (Å²) in [5.74, 6) is 0.0382. The van der Waals surface area contributed by atoms with Crippen LogP contribution in [0.1, 0.15) is 73.0 Å². The lowest BCUT2D eigenvalue weighted by Gasteiger charge is -2.39. The van der Waals surface area contributed by atoms with Crippen LogP contribution in [0.25, 0.3) is 5.57 Å². The van der Waals surface area contributed by atoms with Crippen LogP contribution in [-0.4, -0.2) is 85.9 Å². The van der Waals surface area contributed by atoms with E-state index in [1.54, 1.807) is 36.4 Å². The van der Waals surface area contributed by atoms with Crippen LogP contribution in [0.3, 0.4) is 0 Å². The molecule has 0 radical (unpaired) electrons. The second-order valence-electron chi connectivity index (χ2n) is 16.8. The summed E-state index contributed by atoms with van der Waals surface area (Å²) in [5.41, 5.74) is 0.856. The average molecular weight is 899 g/mol. The monoisotopic (exact) mass is 897 g/mol. The van der Waals surface area contributed by atoms with Gasteiger partial charge in [-0.25, -0.2) is 8.42 Å². The van der Waals surface area contributed by atoms with Gasteiger partial charge in [-0.05, 0) is 139 Å². The summed E-state index contributed by atoms with van der Waals surface area (Å²) in [4.78, 5) is 18.3. The number of anilines is 1. The Kier molecular flexibility index (Phi) is 13.8. The highest BCUT2D eigenvalue weighted by Gasteiger charge is 2.47. The number of allylic oxidation sites excluding steroid dienone is 1. The molecule has 0 saturated carbocycles. The molecule has 4 aromatic carbocycles. The fourth-order valence-electron chi connectivity index (χ4n) is 8.11. The Balaban J connectivity index is 1.06. The van der Waals surface area contributed by atoms with Crippen molar-refractivity contribution in [3.8, 4) is 5.75 Å². The van der Waals surface area contributed by atoms with E-state index in [-0.39, 0.29) is 22.4 Å². The van der Waals surface area contributed by atoms with Crippen LogP contribution in [0.15, 0.2) is 106 Å². The summed E-state index contributed by atoms with van der Waals surface area (Å²) in [5, 5.41) is 11.0. The van der Waals surface area contributed by atoms with E-state index in [2.05, 4.69) is 35.8 Å². The molecule has 2 atom stereocenters. The predicted octanol–water partition coefficient (Wildman–Crippen LogP) is 9.95. The second-order valence-corrected chi connectivity index (χ2v) is 20.2. The first-order valence-electron chi connectivity index (χ1n) is 20.5. The SMILES string of the molecule is Cc1ccc(SN(Cc2ccc(OC3OCCCC3O)cc2)C(=O)c2ccc(N3CCN(CC4=C(c5ccc(Cl)cc5)CCC(C)(C)C4)CC3)cc2)cc1S(=O)(=O)C(F)(F)F. The van der Waals surface area contributed by atoms with Crippen LogP contribution < -0.4 is 9.64 Å². The van der Waals surface area contributed by atoms with Crippen molar-refractivity contribution in [2.24, 2.45) is 5.41 Å². The number of sulfone groups is 1. The van der Waals surface area contributed by atoms with E-state index < -0.39 is 38.5 Å². The number of aryl methyl sites for hydroxylation is 1. The average Bonchev–Trinajstić information content (AvgIpc) is 3.22. The van der Waals surface area contributed by atoms with Crippen molar-refractivity contribution in [3.05, 3.63) is 124 Å². The fraction of sp³-hybridized carbons (Fsp3) is 0.413. The van der Waals surface area contributed by atoms with Crippen molar-refractivity contribution in [2.75, 3.05) is 44.2 Å². The number of ether oxygens (including phenoxy) is 2. The third-order valence-electron chi connectivity index (χ3n) is 11.6. The maximum Gasteiger partial charge on any atom is 0.501 e. The van der Waals surface area contributed by atoms with Crippen molar-refractivity contribution in [3.63, 3.8) is 0 Å². The molecule has 0 aromatic heterocycles. The molecular formula is C46H51ClF3N3O6S2. The Hall–Kier alpha value is -4.05. The van der Waals surface area contributed by atoms with Crippen LogP contribution in [0.5, 0.6) is 5.75 Å². The minimum atomic E-state index is -5.64. The fourth-order valence-corrected chi connectivity index (χ4v) is 10.3. The number of benzene rings is 4. The third kappa shape index (κ3) is 11.0. The highest BCUT2D eigenvalue weighted by molar-refractivity contribution is 7.97. The minimum absolute atomic E-state index is 0.0264. The zero-order valence-electron chi connectivity index (χ0n) is 34.5. The Labute approximate surface area is 365 Å². The van der Waals surface area contributed by atoms with Gasteiger partial charge in [0, 0.05) is 53.9 Å². The van der Waals surface area contributed by atoms with Crippen molar-refractivity contribution in [1.29, 1.82) is 0 Å². The highest BCUT2D eigenvalue weighted by atomic mass is 35.5. The number of carbonyl (C=O) groups excluding carboxylic acids is 1. The Morgan fingerprint density at radius 2 is 1.67 bits per heavy atom. The van der Waals surface area contributed by atoms with Crippen molar-refractivity contribution in [1.82, 2.24) is 9.21 Å². The first kappa shape index (κ1) is 45.0. The van der Waals surface area contributed by atoms with Crippen LogP contribution in [0.4, 0.5) is 18.9 Å². The summed E-state index contributed by atoms with van der Waals surface area (Å²) in [6.45, 7) is 10.8. The number of nitrogens with zero attached hydrogens (tertiary/aromatic N) is 3. The Morgan fingerprint density at radius 3 is 2.33 bits per heavy atom. The number of carbonyl (C=O) groups is 1. The molecule has 1 amide bonds. The molecule has 9 nitrogen and oxygen atoms in total. The number of hydrogen-bond acceptors (Lipinski definition) is 9. The zero-order chi connectivity index (χ0) is 43.5. The number of aliphatic hydroxyl groups is 1. The topological polar surface area (TPSA) is 99.6 Å². The van der Waals surface area contributed by atoms with Gasteiger partial charge in [0.1, 0.15) is 11.9 Å². The lowest BCUT2D eigenvalue weighted by Crippen LogP contribution is -2.47. The quantitative estimate of drug-likeness (QED) is 0.139. The molecular weight excluding hydrogens is 847 g/mol. The molecule has 1 N–H and O–H groups in total. The van der Waals surface area contributed by atoms with Crippen LogP contribution in [-0.2, 0) is 21.1 Å². The summed E-state index contributed by atoms with van der Waals surface area (Å²) >= 11 is 7.06. The summed E-state index contributed by atoms with van der Waals surface area (Å²) in [6, 6.07) is 26.1. The van der Waals surface area contributed by atoms with E-state index in [9.17, 15) is 31.5 Å². The Bertz CT molecular complexity index is 2320. The number of piperazine rings is 1. The number of halogens is 4. The van der Waals surface area contributed by atoms with Gasteiger partial charge in [-0.3, -0.25) is 14.0 Å². The summed E-state index contributed by atoms with van der Waals surface area (Å²) in [7, 11) is -5.64. The van der Waals surface area contributed by atoms with Gasteiger partial charge in [-0.1, -0.05) is 61.4 Å². The van der Waals surface area contributed by atoms with Crippen LogP contribution in [0, 0.1) is 12.3 Å². The number of rotatable bonds is 12.